The van der Waals surface area contributed by atoms with Gasteiger partial charge in [-0.15, -0.1) is 0 Å². The summed E-state index contributed by atoms with van der Waals surface area (Å²) in [6.45, 7) is 1.74. The van der Waals surface area contributed by atoms with Crippen LogP contribution in [0, 0.1) is 0 Å². The molecule has 3 N–H and O–H groups in total. The summed E-state index contributed by atoms with van der Waals surface area (Å²) in [5.41, 5.74) is 7.46. The molecule has 0 radical (unpaired) electrons. The maximum Gasteiger partial charge on any atom is 0.163 e. The highest BCUT2D eigenvalue weighted by atomic mass is 16.5. The predicted molar refractivity (Wildman–Crippen MR) is 73.3 cm³/mol. The molecule has 19 heavy (non-hydrogen) atoms. The molecule has 2 rings (SSSR count). The van der Waals surface area contributed by atoms with Crippen molar-refractivity contribution >= 4 is 11.5 Å². The molecule has 0 spiro atoms. The van der Waals surface area contributed by atoms with Gasteiger partial charge in [-0.3, -0.25) is 4.79 Å². The Labute approximate surface area is 111 Å². The molecule has 0 heterocycles. The molecular weight excluding hydrogens is 242 g/mol. The number of Topliss-reactive ketones (excluding diaryl/α,β-unsaturated/α-hetero) is 1. The van der Waals surface area contributed by atoms with E-state index in [1.54, 1.807) is 36.4 Å². The number of carbonyl (C=O) groups excluding carboxylic acids is 1. The van der Waals surface area contributed by atoms with Crippen molar-refractivity contribution in [2.45, 2.75) is 13.5 Å². The minimum Gasteiger partial charge on any atom is -0.508 e. The van der Waals surface area contributed by atoms with Gasteiger partial charge in [0.05, 0.1) is 5.56 Å². The minimum atomic E-state index is -0.0989. The van der Waals surface area contributed by atoms with Crippen molar-refractivity contribution < 1.29 is 14.6 Å². The zero-order chi connectivity index (χ0) is 13.8. The van der Waals surface area contributed by atoms with Gasteiger partial charge in [0.25, 0.3) is 0 Å². The van der Waals surface area contributed by atoms with Crippen molar-refractivity contribution in [2.75, 3.05) is 5.73 Å². The molecule has 0 saturated carbocycles. The molecular formula is C15H15NO3. The quantitative estimate of drug-likeness (QED) is 0.652. The Kier molecular flexibility index (Phi) is 3.71. The Hall–Kier alpha value is -2.49. The van der Waals surface area contributed by atoms with Crippen LogP contribution in [0.5, 0.6) is 11.5 Å². The number of ketones is 1. The van der Waals surface area contributed by atoms with Crippen LogP contribution >= 0.6 is 0 Å². The van der Waals surface area contributed by atoms with Crippen molar-refractivity contribution in [3.63, 3.8) is 0 Å². The zero-order valence-corrected chi connectivity index (χ0v) is 10.6. The second-order valence-electron chi connectivity index (χ2n) is 4.27. The number of rotatable bonds is 4. The lowest BCUT2D eigenvalue weighted by atomic mass is 10.1. The van der Waals surface area contributed by atoms with E-state index in [4.69, 9.17) is 10.5 Å². The van der Waals surface area contributed by atoms with Gasteiger partial charge in [-0.2, -0.15) is 0 Å². The maximum atomic E-state index is 11.5. The number of benzene rings is 2. The first-order chi connectivity index (χ1) is 9.06. The zero-order valence-electron chi connectivity index (χ0n) is 10.6. The molecule has 0 aromatic heterocycles. The molecule has 0 bridgehead atoms. The fourth-order valence-corrected chi connectivity index (χ4v) is 1.76. The van der Waals surface area contributed by atoms with Crippen LogP contribution in [0.25, 0.3) is 0 Å². The van der Waals surface area contributed by atoms with Crippen LogP contribution < -0.4 is 10.5 Å². The number of nitrogen functional groups attached to an aromatic ring is 1. The normalized spacial score (nSPS) is 10.2. The summed E-state index contributed by atoms with van der Waals surface area (Å²) in [6, 6.07) is 11.7. The predicted octanol–water partition coefficient (Wildman–Crippen LogP) is 2.76. The van der Waals surface area contributed by atoms with Gasteiger partial charge in [0, 0.05) is 5.69 Å². The maximum absolute atomic E-state index is 11.5. The number of carbonyl (C=O) groups is 1. The molecule has 0 aliphatic rings. The van der Waals surface area contributed by atoms with Crippen LogP contribution in [0.1, 0.15) is 22.8 Å². The summed E-state index contributed by atoms with van der Waals surface area (Å²) < 4.78 is 5.61. The standard InChI is InChI=1S/C15H15NO3/c1-10(17)14-8-12(16)5-6-15(14)19-9-11-3-2-4-13(18)7-11/h2-8,18H,9,16H2,1H3. The van der Waals surface area contributed by atoms with E-state index in [9.17, 15) is 9.90 Å². The van der Waals surface area contributed by atoms with E-state index in [0.717, 1.165) is 5.56 Å². The van der Waals surface area contributed by atoms with E-state index in [2.05, 4.69) is 0 Å². The Morgan fingerprint density at radius 1 is 1.26 bits per heavy atom. The molecule has 0 saturated heterocycles. The summed E-state index contributed by atoms with van der Waals surface area (Å²) in [5.74, 6) is 0.577. The number of hydrogen-bond acceptors (Lipinski definition) is 4. The second kappa shape index (κ2) is 5.44. The van der Waals surface area contributed by atoms with Crippen molar-refractivity contribution in [1.29, 1.82) is 0 Å². The molecule has 4 heteroatoms. The average molecular weight is 257 g/mol. The van der Waals surface area contributed by atoms with Crippen molar-refractivity contribution in [2.24, 2.45) is 0 Å². The molecule has 2 aromatic carbocycles. The molecule has 98 valence electrons. The molecule has 0 aliphatic heterocycles. The van der Waals surface area contributed by atoms with E-state index in [1.165, 1.54) is 6.92 Å². The number of anilines is 1. The number of phenols is 1. The first kappa shape index (κ1) is 13.0. The van der Waals surface area contributed by atoms with Crippen molar-refractivity contribution in [3.05, 3.63) is 53.6 Å². The topological polar surface area (TPSA) is 72.6 Å². The van der Waals surface area contributed by atoms with Gasteiger partial charge < -0.3 is 15.6 Å². The van der Waals surface area contributed by atoms with Crippen molar-refractivity contribution in [3.8, 4) is 11.5 Å². The van der Waals surface area contributed by atoms with Crippen LogP contribution in [-0.2, 0) is 6.61 Å². The van der Waals surface area contributed by atoms with Gasteiger partial charge in [0.1, 0.15) is 18.1 Å². The second-order valence-corrected chi connectivity index (χ2v) is 4.27. The average Bonchev–Trinajstić information content (AvgIpc) is 2.37. The SMILES string of the molecule is CC(=O)c1cc(N)ccc1OCc1cccc(O)c1. The third-order valence-corrected chi connectivity index (χ3v) is 2.69. The third-order valence-electron chi connectivity index (χ3n) is 2.69. The molecule has 0 amide bonds. The molecule has 0 atom stereocenters. The Morgan fingerprint density at radius 3 is 2.74 bits per heavy atom. The summed E-state index contributed by atoms with van der Waals surface area (Å²) >= 11 is 0. The van der Waals surface area contributed by atoms with Crippen LogP contribution in [0.15, 0.2) is 42.5 Å². The first-order valence-corrected chi connectivity index (χ1v) is 5.87. The highest BCUT2D eigenvalue weighted by Crippen LogP contribution is 2.23. The first-order valence-electron chi connectivity index (χ1n) is 5.87. The lowest BCUT2D eigenvalue weighted by Gasteiger charge is -2.10. The lowest BCUT2D eigenvalue weighted by molar-refractivity contribution is 0.101. The highest BCUT2D eigenvalue weighted by Gasteiger charge is 2.09. The molecule has 2 aromatic rings. The van der Waals surface area contributed by atoms with Crippen LogP contribution in [0.2, 0.25) is 0 Å². The van der Waals surface area contributed by atoms with E-state index in [-0.39, 0.29) is 18.1 Å². The molecule has 0 unspecified atom stereocenters. The van der Waals surface area contributed by atoms with Gasteiger partial charge in [0.2, 0.25) is 0 Å². The van der Waals surface area contributed by atoms with Crippen LogP contribution in [0.3, 0.4) is 0 Å². The van der Waals surface area contributed by atoms with Gasteiger partial charge in [-0.25, -0.2) is 0 Å². The Balaban J connectivity index is 2.17. The smallest absolute Gasteiger partial charge is 0.163 e. The molecule has 4 nitrogen and oxygen atoms in total. The largest absolute Gasteiger partial charge is 0.508 e. The number of phenolic OH excluding ortho intramolecular Hbond substituents is 1. The number of aromatic hydroxyl groups is 1. The summed E-state index contributed by atoms with van der Waals surface area (Å²) in [7, 11) is 0. The number of nitrogens with two attached hydrogens (primary N) is 1. The number of ether oxygens (including phenoxy) is 1. The van der Waals surface area contributed by atoms with Crippen LogP contribution in [-0.4, -0.2) is 10.9 Å². The van der Waals surface area contributed by atoms with E-state index >= 15 is 0 Å². The monoisotopic (exact) mass is 257 g/mol. The Bertz CT molecular complexity index is 608. The summed E-state index contributed by atoms with van der Waals surface area (Å²) in [6.07, 6.45) is 0. The van der Waals surface area contributed by atoms with Crippen molar-refractivity contribution in [1.82, 2.24) is 0 Å². The van der Waals surface area contributed by atoms with E-state index in [1.807, 2.05) is 6.07 Å². The Morgan fingerprint density at radius 2 is 2.05 bits per heavy atom. The van der Waals surface area contributed by atoms with Crippen LogP contribution in [0.4, 0.5) is 5.69 Å². The lowest BCUT2D eigenvalue weighted by Crippen LogP contribution is -2.02. The fraction of sp³-hybridized carbons (Fsp3) is 0.133. The number of hydrogen-bond donors (Lipinski definition) is 2. The summed E-state index contributed by atoms with van der Waals surface area (Å²) in [5, 5.41) is 9.36. The highest BCUT2D eigenvalue weighted by molar-refractivity contribution is 5.97. The van der Waals surface area contributed by atoms with Gasteiger partial charge in [-0.05, 0) is 42.8 Å². The van der Waals surface area contributed by atoms with E-state index < -0.39 is 0 Å². The molecule has 0 fully saturated rings. The third kappa shape index (κ3) is 3.25. The van der Waals surface area contributed by atoms with Gasteiger partial charge >= 0.3 is 0 Å². The minimum absolute atomic E-state index is 0.0989. The fourth-order valence-electron chi connectivity index (χ4n) is 1.76. The summed E-state index contributed by atoms with van der Waals surface area (Å²) in [4.78, 5) is 11.5. The van der Waals surface area contributed by atoms with E-state index in [0.29, 0.717) is 17.0 Å². The van der Waals surface area contributed by atoms with Gasteiger partial charge in [0.15, 0.2) is 5.78 Å². The van der Waals surface area contributed by atoms with Gasteiger partial charge in [-0.1, -0.05) is 12.1 Å². The molecule has 0 aliphatic carbocycles.